The first kappa shape index (κ1) is 23.5. The Morgan fingerprint density at radius 2 is 2.06 bits per heavy atom. The van der Waals surface area contributed by atoms with Crippen LogP contribution in [0.2, 0.25) is 0 Å². The number of ether oxygens (including phenoxy) is 1. The van der Waals surface area contributed by atoms with Gasteiger partial charge in [0.25, 0.3) is 0 Å². The molecular formula is C23H25FN2O5S. The average Bonchev–Trinajstić information content (AvgIpc) is 3.43. The number of halogens is 1. The van der Waals surface area contributed by atoms with Crippen molar-refractivity contribution in [2.24, 2.45) is 11.1 Å². The number of hydrogen-bond acceptors (Lipinski definition) is 7. The van der Waals surface area contributed by atoms with E-state index in [2.05, 4.69) is 10.1 Å². The van der Waals surface area contributed by atoms with Crippen molar-refractivity contribution in [1.82, 2.24) is 4.98 Å². The van der Waals surface area contributed by atoms with Gasteiger partial charge in [-0.15, -0.1) is 11.3 Å². The fourth-order valence-electron chi connectivity index (χ4n) is 3.05. The number of alkyl halides is 1. The van der Waals surface area contributed by atoms with E-state index in [1.54, 1.807) is 30.4 Å². The second-order valence-corrected chi connectivity index (χ2v) is 8.04. The van der Waals surface area contributed by atoms with Gasteiger partial charge >= 0.3 is 5.97 Å². The Kier molecular flexibility index (Phi) is 8.38. The number of aliphatic carboxylic acids is 1. The maximum absolute atomic E-state index is 12.1. The third-order valence-corrected chi connectivity index (χ3v) is 5.63. The Balaban J connectivity index is 1.53. The summed E-state index contributed by atoms with van der Waals surface area (Å²) < 4.78 is 23.7. The number of carbonyl (C=O) groups is 1. The number of rotatable bonds is 12. The smallest absolute Gasteiger partial charge is 0.312 e. The van der Waals surface area contributed by atoms with E-state index in [-0.39, 0.29) is 18.7 Å². The minimum atomic E-state index is -1.01. The fourth-order valence-corrected chi connectivity index (χ4v) is 3.70. The van der Waals surface area contributed by atoms with Crippen molar-refractivity contribution in [3.05, 3.63) is 58.8 Å². The molecule has 3 rings (SSSR count). The molecule has 2 aromatic heterocycles. The highest BCUT2D eigenvalue weighted by molar-refractivity contribution is 7.13. The van der Waals surface area contributed by atoms with Crippen molar-refractivity contribution in [3.8, 4) is 16.5 Å². The van der Waals surface area contributed by atoms with Crippen molar-refractivity contribution < 1.29 is 28.3 Å². The van der Waals surface area contributed by atoms with Gasteiger partial charge in [0.1, 0.15) is 30.7 Å². The number of aromatic nitrogens is 1. The molecule has 32 heavy (non-hydrogen) atoms. The zero-order valence-electron chi connectivity index (χ0n) is 17.9. The van der Waals surface area contributed by atoms with Gasteiger partial charge in [-0.1, -0.05) is 23.4 Å². The summed E-state index contributed by atoms with van der Waals surface area (Å²) in [7, 11) is 0. The van der Waals surface area contributed by atoms with Gasteiger partial charge < -0.3 is 19.1 Å². The largest absolute Gasteiger partial charge is 0.493 e. The zero-order valence-corrected chi connectivity index (χ0v) is 18.7. The molecule has 2 heterocycles. The van der Waals surface area contributed by atoms with E-state index < -0.39 is 18.6 Å². The number of hydrogen-bond donors (Lipinski definition) is 1. The standard InChI is InChI=1S/C23H25FN2O5S/c1-15(26-30-12-10-24)19(23(27)28)14-17-5-7-18(8-6-17)29-11-9-20-16(2)31-22(25-20)21-4-3-13-32-21/h3-8,13,19H,9-12,14H2,1-2H3,(H,27,28)/b26-15+. The normalized spacial score (nSPS) is 12.5. The van der Waals surface area contributed by atoms with Crippen molar-refractivity contribution in [3.63, 3.8) is 0 Å². The predicted octanol–water partition coefficient (Wildman–Crippen LogP) is 4.94. The van der Waals surface area contributed by atoms with Crippen LogP contribution in [0.3, 0.4) is 0 Å². The number of nitrogens with zero attached hydrogens (tertiary/aromatic N) is 2. The van der Waals surface area contributed by atoms with E-state index in [0.29, 0.717) is 24.7 Å². The van der Waals surface area contributed by atoms with Crippen LogP contribution in [0.15, 0.2) is 51.4 Å². The number of thiophene rings is 1. The number of carboxylic acid groups (broad SMARTS) is 1. The number of carboxylic acids is 1. The lowest BCUT2D eigenvalue weighted by Crippen LogP contribution is -2.24. The monoisotopic (exact) mass is 460 g/mol. The number of benzene rings is 1. The van der Waals surface area contributed by atoms with Crippen LogP contribution in [0, 0.1) is 12.8 Å². The molecular weight excluding hydrogens is 435 g/mol. The molecule has 7 nitrogen and oxygen atoms in total. The van der Waals surface area contributed by atoms with Crippen LogP contribution in [0.1, 0.15) is 23.9 Å². The summed E-state index contributed by atoms with van der Waals surface area (Å²) in [6.45, 7) is 3.01. The van der Waals surface area contributed by atoms with Crippen LogP contribution in [-0.2, 0) is 22.5 Å². The van der Waals surface area contributed by atoms with Crippen molar-refractivity contribution in [1.29, 1.82) is 0 Å². The Bertz CT molecular complexity index is 1030. The number of aryl methyl sites for hydroxylation is 1. The Hall–Kier alpha value is -3.20. The SMILES string of the molecule is C/C(=N\OCCF)C(Cc1ccc(OCCc2nc(-c3cccs3)oc2C)cc1)C(=O)O. The molecule has 170 valence electrons. The summed E-state index contributed by atoms with van der Waals surface area (Å²) >= 11 is 1.58. The van der Waals surface area contributed by atoms with E-state index in [9.17, 15) is 14.3 Å². The Labute approximate surface area is 189 Å². The molecule has 0 spiro atoms. The Morgan fingerprint density at radius 3 is 2.72 bits per heavy atom. The van der Waals surface area contributed by atoms with Gasteiger partial charge in [-0.2, -0.15) is 0 Å². The van der Waals surface area contributed by atoms with Gasteiger partial charge in [0.2, 0.25) is 5.89 Å². The highest BCUT2D eigenvalue weighted by Gasteiger charge is 2.22. The zero-order chi connectivity index (χ0) is 22.9. The van der Waals surface area contributed by atoms with Crippen LogP contribution in [0.25, 0.3) is 10.8 Å². The lowest BCUT2D eigenvalue weighted by molar-refractivity contribution is -0.139. The van der Waals surface area contributed by atoms with E-state index >= 15 is 0 Å². The highest BCUT2D eigenvalue weighted by atomic mass is 32.1. The van der Waals surface area contributed by atoms with Crippen LogP contribution in [0.5, 0.6) is 5.75 Å². The molecule has 0 bridgehead atoms. The molecule has 1 N–H and O–H groups in total. The van der Waals surface area contributed by atoms with Crippen LogP contribution >= 0.6 is 11.3 Å². The predicted molar refractivity (Wildman–Crippen MR) is 120 cm³/mol. The van der Waals surface area contributed by atoms with E-state index in [1.165, 1.54) is 0 Å². The topological polar surface area (TPSA) is 94.2 Å². The number of oxazole rings is 1. The van der Waals surface area contributed by atoms with Crippen LogP contribution in [0.4, 0.5) is 4.39 Å². The Morgan fingerprint density at radius 1 is 1.28 bits per heavy atom. The maximum atomic E-state index is 12.1. The quantitative estimate of drug-likeness (QED) is 0.234. The van der Waals surface area contributed by atoms with E-state index in [0.717, 1.165) is 21.9 Å². The molecule has 0 saturated carbocycles. The lowest BCUT2D eigenvalue weighted by Gasteiger charge is -2.12. The number of oxime groups is 1. The first-order chi connectivity index (χ1) is 15.5. The molecule has 1 aromatic carbocycles. The van der Waals surface area contributed by atoms with Gasteiger partial charge in [0, 0.05) is 6.42 Å². The van der Waals surface area contributed by atoms with Gasteiger partial charge in [-0.25, -0.2) is 9.37 Å². The summed E-state index contributed by atoms with van der Waals surface area (Å²) in [4.78, 5) is 21.9. The van der Waals surface area contributed by atoms with Gasteiger partial charge in [0.05, 0.1) is 22.9 Å². The lowest BCUT2D eigenvalue weighted by atomic mass is 9.95. The molecule has 0 fully saturated rings. The first-order valence-corrected chi connectivity index (χ1v) is 11.0. The van der Waals surface area contributed by atoms with Crippen LogP contribution in [-0.4, -0.2) is 41.7 Å². The van der Waals surface area contributed by atoms with E-state index in [1.807, 2.05) is 36.6 Å². The maximum Gasteiger partial charge on any atom is 0.312 e. The van der Waals surface area contributed by atoms with E-state index in [4.69, 9.17) is 14.0 Å². The van der Waals surface area contributed by atoms with Crippen molar-refractivity contribution in [2.75, 3.05) is 19.9 Å². The van der Waals surface area contributed by atoms with Crippen molar-refractivity contribution in [2.45, 2.75) is 26.7 Å². The molecule has 0 aliphatic carbocycles. The molecule has 0 radical (unpaired) electrons. The highest BCUT2D eigenvalue weighted by Crippen LogP contribution is 2.26. The average molecular weight is 461 g/mol. The molecule has 0 aliphatic heterocycles. The summed E-state index contributed by atoms with van der Waals surface area (Å²) in [5.41, 5.74) is 1.97. The molecule has 0 amide bonds. The molecule has 0 saturated heterocycles. The van der Waals surface area contributed by atoms with Gasteiger partial charge in [-0.05, 0) is 49.4 Å². The van der Waals surface area contributed by atoms with Crippen molar-refractivity contribution >= 4 is 23.0 Å². The summed E-state index contributed by atoms with van der Waals surface area (Å²) in [6.07, 6.45) is 0.853. The molecule has 1 unspecified atom stereocenters. The molecule has 3 aromatic rings. The minimum absolute atomic E-state index is 0.196. The summed E-state index contributed by atoms with van der Waals surface area (Å²) in [5.74, 6) is 0.213. The minimum Gasteiger partial charge on any atom is -0.493 e. The van der Waals surface area contributed by atoms with Gasteiger partial charge in [0.15, 0.2) is 0 Å². The fraction of sp³-hybridized carbons (Fsp3) is 0.348. The first-order valence-electron chi connectivity index (χ1n) is 10.1. The third-order valence-electron chi connectivity index (χ3n) is 4.77. The van der Waals surface area contributed by atoms with Crippen LogP contribution < -0.4 is 4.74 Å². The second kappa shape index (κ2) is 11.4. The summed E-state index contributed by atoms with van der Waals surface area (Å²) in [5, 5.41) is 15.2. The molecule has 1 atom stereocenters. The molecule has 9 heteroatoms. The molecule has 0 aliphatic rings. The third kappa shape index (κ3) is 6.40. The van der Waals surface area contributed by atoms with Gasteiger partial charge in [-0.3, -0.25) is 4.79 Å². The summed E-state index contributed by atoms with van der Waals surface area (Å²) in [6, 6.07) is 11.2. The second-order valence-electron chi connectivity index (χ2n) is 7.09.